The van der Waals surface area contributed by atoms with Gasteiger partial charge in [0.15, 0.2) is 0 Å². The van der Waals surface area contributed by atoms with Crippen LogP contribution in [0, 0.1) is 0 Å². The van der Waals surface area contributed by atoms with Crippen LogP contribution in [0.25, 0.3) is 6.08 Å². The highest BCUT2D eigenvalue weighted by Gasteiger charge is 2.34. The Morgan fingerprint density at radius 1 is 1.22 bits per heavy atom. The molecule has 0 aliphatic carbocycles. The number of thioether (sulfide) groups is 2. The number of hydrogen-bond acceptors (Lipinski definition) is 6. The molecule has 1 aromatic rings. The molecule has 10 heteroatoms. The average molecular weight is 426 g/mol. The first-order valence-electron chi connectivity index (χ1n) is 8.07. The number of carbonyl (C=O) groups is 4. The maximum atomic E-state index is 12.4. The van der Waals surface area contributed by atoms with Crippen molar-refractivity contribution in [1.29, 1.82) is 0 Å². The van der Waals surface area contributed by atoms with Crippen LogP contribution in [0.15, 0.2) is 29.2 Å². The summed E-state index contributed by atoms with van der Waals surface area (Å²) in [5.74, 6) is 0.137. The smallest absolute Gasteiger partial charge is 0.293 e. The van der Waals surface area contributed by atoms with Crippen LogP contribution in [0.5, 0.6) is 0 Å². The molecule has 2 heterocycles. The summed E-state index contributed by atoms with van der Waals surface area (Å²) in [6.07, 6.45) is 1.64. The summed E-state index contributed by atoms with van der Waals surface area (Å²) < 4.78 is 0. The van der Waals surface area contributed by atoms with E-state index >= 15 is 0 Å². The molecule has 1 N–H and O–H groups in total. The second kappa shape index (κ2) is 8.81. The number of rotatable bonds is 6. The first-order chi connectivity index (χ1) is 12.9. The van der Waals surface area contributed by atoms with Crippen molar-refractivity contribution in [1.82, 2.24) is 15.1 Å². The monoisotopic (exact) mass is 425 g/mol. The fraction of sp³-hybridized carbons (Fsp3) is 0.294. The summed E-state index contributed by atoms with van der Waals surface area (Å²) in [6.45, 7) is 0.210. The third-order valence-electron chi connectivity index (χ3n) is 3.86. The predicted octanol–water partition coefficient (Wildman–Crippen LogP) is 2.03. The number of hydrogen-bond donors (Lipinski definition) is 1. The van der Waals surface area contributed by atoms with E-state index in [2.05, 4.69) is 5.32 Å². The highest BCUT2D eigenvalue weighted by atomic mass is 35.5. The number of imide groups is 1. The van der Waals surface area contributed by atoms with Crippen LogP contribution < -0.4 is 5.32 Å². The Bertz CT molecular complexity index is 813. The van der Waals surface area contributed by atoms with E-state index in [1.54, 1.807) is 30.3 Å². The van der Waals surface area contributed by atoms with Crippen molar-refractivity contribution < 1.29 is 19.2 Å². The van der Waals surface area contributed by atoms with Gasteiger partial charge in [-0.25, -0.2) is 0 Å². The minimum absolute atomic E-state index is 0.00973. The SMILES string of the molecule is O=C(CN1CSCC1=O)NCCN1C(=O)SC(=Cc2ccc(Cl)cc2)C1=O. The molecule has 0 spiro atoms. The molecule has 2 fully saturated rings. The van der Waals surface area contributed by atoms with Crippen LogP contribution in [0.1, 0.15) is 5.56 Å². The van der Waals surface area contributed by atoms with Gasteiger partial charge in [-0.1, -0.05) is 23.7 Å². The van der Waals surface area contributed by atoms with Gasteiger partial charge in [-0.05, 0) is 35.5 Å². The summed E-state index contributed by atoms with van der Waals surface area (Å²) >= 11 is 8.16. The fourth-order valence-corrected chi connectivity index (χ4v) is 4.37. The lowest BCUT2D eigenvalue weighted by molar-refractivity contribution is -0.132. The van der Waals surface area contributed by atoms with Gasteiger partial charge in [-0.15, -0.1) is 11.8 Å². The van der Waals surface area contributed by atoms with Crippen molar-refractivity contribution in [2.24, 2.45) is 0 Å². The van der Waals surface area contributed by atoms with Crippen LogP contribution in [0.4, 0.5) is 4.79 Å². The van der Waals surface area contributed by atoms with Gasteiger partial charge in [0, 0.05) is 18.1 Å². The Morgan fingerprint density at radius 3 is 2.63 bits per heavy atom. The summed E-state index contributed by atoms with van der Waals surface area (Å²) in [6, 6.07) is 6.93. The highest BCUT2D eigenvalue weighted by Crippen LogP contribution is 2.32. The minimum atomic E-state index is -0.389. The number of benzene rings is 1. The first-order valence-corrected chi connectivity index (χ1v) is 10.4. The van der Waals surface area contributed by atoms with E-state index in [0.717, 1.165) is 22.2 Å². The predicted molar refractivity (Wildman–Crippen MR) is 106 cm³/mol. The van der Waals surface area contributed by atoms with Crippen LogP contribution in [-0.4, -0.2) is 64.0 Å². The van der Waals surface area contributed by atoms with E-state index in [4.69, 9.17) is 11.6 Å². The molecular weight excluding hydrogens is 410 g/mol. The van der Waals surface area contributed by atoms with Crippen LogP contribution in [0.3, 0.4) is 0 Å². The van der Waals surface area contributed by atoms with E-state index < -0.39 is 0 Å². The molecule has 27 heavy (non-hydrogen) atoms. The Hall–Kier alpha value is -1.97. The lowest BCUT2D eigenvalue weighted by atomic mass is 10.2. The van der Waals surface area contributed by atoms with Crippen molar-refractivity contribution in [3.05, 3.63) is 39.8 Å². The van der Waals surface area contributed by atoms with Gasteiger partial charge < -0.3 is 10.2 Å². The zero-order valence-corrected chi connectivity index (χ0v) is 16.5. The van der Waals surface area contributed by atoms with E-state index in [9.17, 15) is 19.2 Å². The highest BCUT2D eigenvalue weighted by molar-refractivity contribution is 8.18. The van der Waals surface area contributed by atoms with Crippen LogP contribution >= 0.6 is 35.1 Å². The van der Waals surface area contributed by atoms with Crippen LogP contribution in [-0.2, 0) is 14.4 Å². The molecule has 0 atom stereocenters. The largest absolute Gasteiger partial charge is 0.353 e. The third-order valence-corrected chi connectivity index (χ3v) is 5.96. The van der Waals surface area contributed by atoms with Gasteiger partial charge in [0.2, 0.25) is 11.8 Å². The summed E-state index contributed by atoms with van der Waals surface area (Å²) in [4.78, 5) is 50.8. The maximum absolute atomic E-state index is 12.4. The maximum Gasteiger partial charge on any atom is 0.293 e. The van der Waals surface area contributed by atoms with Gasteiger partial charge in [0.05, 0.1) is 16.5 Å². The molecule has 7 nitrogen and oxygen atoms in total. The van der Waals surface area contributed by atoms with Gasteiger partial charge >= 0.3 is 0 Å². The van der Waals surface area contributed by atoms with Crippen molar-refractivity contribution in [3.63, 3.8) is 0 Å². The van der Waals surface area contributed by atoms with Crippen molar-refractivity contribution in [2.45, 2.75) is 0 Å². The van der Waals surface area contributed by atoms with E-state index in [1.807, 2.05) is 0 Å². The number of halogens is 1. The van der Waals surface area contributed by atoms with E-state index in [1.165, 1.54) is 16.7 Å². The molecule has 0 radical (unpaired) electrons. The number of nitrogens with zero attached hydrogens (tertiary/aromatic N) is 2. The van der Waals surface area contributed by atoms with Crippen molar-refractivity contribution in [3.8, 4) is 0 Å². The molecule has 0 bridgehead atoms. The third kappa shape index (κ3) is 5.06. The molecule has 0 aromatic heterocycles. The van der Waals surface area contributed by atoms with Crippen LogP contribution in [0.2, 0.25) is 5.02 Å². The first kappa shape index (κ1) is 19.8. The molecule has 0 unspecified atom stereocenters. The Labute approximate surface area is 169 Å². The van der Waals surface area contributed by atoms with Gasteiger partial charge in [-0.2, -0.15) is 0 Å². The Morgan fingerprint density at radius 2 is 1.96 bits per heavy atom. The number of carbonyl (C=O) groups excluding carboxylic acids is 4. The lowest BCUT2D eigenvalue weighted by Crippen LogP contribution is -2.42. The topological polar surface area (TPSA) is 86.8 Å². The molecule has 1 aromatic carbocycles. The van der Waals surface area contributed by atoms with Crippen molar-refractivity contribution >= 4 is 64.2 Å². The number of nitrogens with one attached hydrogen (secondary N) is 1. The summed E-state index contributed by atoms with van der Waals surface area (Å²) in [7, 11) is 0. The second-order valence-corrected chi connectivity index (χ2v) is 8.19. The summed E-state index contributed by atoms with van der Waals surface area (Å²) in [5, 5.41) is 2.85. The van der Waals surface area contributed by atoms with Crippen molar-refractivity contribution in [2.75, 3.05) is 31.3 Å². The standard InChI is InChI=1S/C17H16ClN3O4S2/c18-12-3-1-11(2-4-12)7-13-16(24)21(17(25)27-13)6-5-19-14(22)8-20-10-26-9-15(20)23/h1-4,7H,5-6,8-10H2,(H,19,22). The van der Waals surface area contributed by atoms with Gasteiger partial charge in [-0.3, -0.25) is 24.1 Å². The molecule has 0 saturated carbocycles. The number of amides is 4. The Balaban J connectivity index is 1.51. The Kier molecular flexibility index (Phi) is 6.46. The minimum Gasteiger partial charge on any atom is -0.353 e. The normalized spacial score (nSPS) is 18.7. The second-order valence-electron chi connectivity index (χ2n) is 5.80. The average Bonchev–Trinajstić information content (AvgIpc) is 3.14. The van der Waals surface area contributed by atoms with E-state index in [0.29, 0.717) is 21.6 Å². The fourth-order valence-electron chi connectivity index (χ4n) is 2.48. The molecule has 2 saturated heterocycles. The zero-order chi connectivity index (χ0) is 19.4. The quantitative estimate of drug-likeness (QED) is 0.702. The molecule has 2 aliphatic heterocycles. The summed E-state index contributed by atoms with van der Waals surface area (Å²) in [5.41, 5.74) is 0.770. The lowest BCUT2D eigenvalue weighted by Gasteiger charge is -2.16. The van der Waals surface area contributed by atoms with Gasteiger partial charge in [0.1, 0.15) is 6.54 Å². The zero-order valence-electron chi connectivity index (χ0n) is 14.1. The molecule has 4 amide bonds. The molecule has 3 rings (SSSR count). The molecule has 142 valence electrons. The van der Waals surface area contributed by atoms with Gasteiger partial charge in [0.25, 0.3) is 11.1 Å². The molecule has 2 aliphatic rings. The molecular formula is C17H16ClN3O4S2. The van der Waals surface area contributed by atoms with E-state index in [-0.39, 0.29) is 42.6 Å².